The highest BCUT2D eigenvalue weighted by atomic mass is 16.5. The van der Waals surface area contributed by atoms with Gasteiger partial charge in [0, 0.05) is 5.56 Å². The molecule has 2 aromatic carbocycles. The smallest absolute Gasteiger partial charge is 0.186 e. The van der Waals surface area contributed by atoms with Gasteiger partial charge in [-0.3, -0.25) is 9.79 Å². The number of aliphatic imine (C=N–C) groups is 1. The highest BCUT2D eigenvalue weighted by molar-refractivity contribution is 5.86. The Balaban J connectivity index is 0.000000292. The van der Waals surface area contributed by atoms with E-state index in [4.69, 9.17) is 9.15 Å². The number of ether oxygens (including phenoxy) is 1. The number of aldehydes is 1. The number of hydrogen-bond donors (Lipinski definition) is 1. The van der Waals surface area contributed by atoms with Crippen molar-refractivity contribution in [3.05, 3.63) is 102 Å². The molecule has 1 heterocycles. The van der Waals surface area contributed by atoms with Crippen LogP contribution < -0.4 is 5.32 Å². The van der Waals surface area contributed by atoms with Gasteiger partial charge in [-0.25, -0.2) is 0 Å². The van der Waals surface area contributed by atoms with E-state index >= 15 is 0 Å². The van der Waals surface area contributed by atoms with E-state index in [1.165, 1.54) is 0 Å². The highest BCUT2D eigenvalue weighted by Gasteiger charge is 2.09. The van der Waals surface area contributed by atoms with Crippen LogP contribution in [0.15, 0.2) is 94.2 Å². The Hall–Kier alpha value is -3.44. The molecule has 1 aromatic heterocycles. The fourth-order valence-corrected chi connectivity index (χ4v) is 2.39. The van der Waals surface area contributed by atoms with Gasteiger partial charge in [0.1, 0.15) is 18.1 Å². The van der Waals surface area contributed by atoms with E-state index in [9.17, 15) is 4.79 Å². The van der Waals surface area contributed by atoms with E-state index in [-0.39, 0.29) is 5.76 Å². The maximum absolute atomic E-state index is 11.2. The predicted molar refractivity (Wildman–Crippen MR) is 112 cm³/mol. The maximum Gasteiger partial charge on any atom is 0.186 e. The van der Waals surface area contributed by atoms with Gasteiger partial charge in [-0.05, 0) is 31.5 Å². The van der Waals surface area contributed by atoms with Crippen molar-refractivity contribution in [1.82, 2.24) is 5.32 Å². The van der Waals surface area contributed by atoms with Crippen LogP contribution in [-0.4, -0.2) is 20.1 Å². The number of furan rings is 1. The molecule has 0 amide bonds. The van der Waals surface area contributed by atoms with Gasteiger partial charge in [0.15, 0.2) is 12.0 Å². The van der Waals surface area contributed by atoms with Gasteiger partial charge in [0.2, 0.25) is 0 Å². The second-order valence-electron chi connectivity index (χ2n) is 5.74. The minimum Gasteiger partial charge on any atom is -0.483 e. The molecule has 0 atom stereocenters. The molecule has 1 N–H and O–H groups in total. The molecule has 0 aliphatic rings. The first-order valence-electron chi connectivity index (χ1n) is 8.83. The first-order valence-corrected chi connectivity index (χ1v) is 8.83. The van der Waals surface area contributed by atoms with Crippen LogP contribution in [0.2, 0.25) is 0 Å². The minimum atomic E-state index is 0.190. The van der Waals surface area contributed by atoms with Gasteiger partial charge >= 0.3 is 0 Å². The molecule has 3 rings (SSSR count). The SMILES string of the molecule is C=N/C(=C(/C=O)OCc1ccccc1)c1ccccc1.CNCc1ccco1. The monoisotopic (exact) mass is 376 g/mol. The Morgan fingerprint density at radius 1 is 1.07 bits per heavy atom. The summed E-state index contributed by atoms with van der Waals surface area (Å²) in [4.78, 5) is 15.1. The molecule has 0 saturated heterocycles. The number of carbonyl (C=O) groups excluding carboxylic acids is 1. The van der Waals surface area contributed by atoms with Gasteiger partial charge in [-0.15, -0.1) is 0 Å². The number of benzene rings is 2. The molecule has 0 radical (unpaired) electrons. The van der Waals surface area contributed by atoms with Crippen molar-refractivity contribution in [2.45, 2.75) is 13.2 Å². The van der Waals surface area contributed by atoms with Crippen molar-refractivity contribution in [3.8, 4) is 0 Å². The van der Waals surface area contributed by atoms with E-state index < -0.39 is 0 Å². The van der Waals surface area contributed by atoms with E-state index in [1.54, 1.807) is 6.26 Å². The fraction of sp³-hybridized carbons (Fsp3) is 0.130. The van der Waals surface area contributed by atoms with E-state index in [2.05, 4.69) is 17.0 Å². The average molecular weight is 376 g/mol. The van der Waals surface area contributed by atoms with Crippen molar-refractivity contribution in [2.75, 3.05) is 7.05 Å². The summed E-state index contributed by atoms with van der Waals surface area (Å²) in [5, 5.41) is 2.98. The summed E-state index contributed by atoms with van der Waals surface area (Å²) >= 11 is 0. The molecule has 3 aromatic rings. The number of hydrogen-bond acceptors (Lipinski definition) is 5. The number of carbonyl (C=O) groups is 1. The summed E-state index contributed by atoms with van der Waals surface area (Å²) in [7, 11) is 1.89. The van der Waals surface area contributed by atoms with Crippen LogP contribution in [0.25, 0.3) is 5.70 Å². The normalized spacial score (nSPS) is 10.9. The van der Waals surface area contributed by atoms with Crippen LogP contribution >= 0.6 is 0 Å². The zero-order chi connectivity index (χ0) is 20.0. The Kier molecular flexibility index (Phi) is 8.97. The lowest BCUT2D eigenvalue weighted by Crippen LogP contribution is -2.03. The van der Waals surface area contributed by atoms with Gasteiger partial charge in [0.05, 0.1) is 12.8 Å². The summed E-state index contributed by atoms with van der Waals surface area (Å²) in [6.45, 7) is 4.65. The van der Waals surface area contributed by atoms with Gasteiger partial charge < -0.3 is 14.5 Å². The highest BCUT2D eigenvalue weighted by Crippen LogP contribution is 2.20. The van der Waals surface area contributed by atoms with Crippen LogP contribution in [0.4, 0.5) is 0 Å². The van der Waals surface area contributed by atoms with Crippen LogP contribution in [0, 0.1) is 0 Å². The third-order valence-electron chi connectivity index (χ3n) is 3.71. The molecular weight excluding hydrogens is 352 g/mol. The molecule has 0 unspecified atom stereocenters. The van der Waals surface area contributed by atoms with Gasteiger partial charge in [-0.2, -0.15) is 0 Å². The molecule has 0 spiro atoms. The molecular formula is C23H24N2O3. The lowest BCUT2D eigenvalue weighted by molar-refractivity contribution is -0.107. The molecule has 144 valence electrons. The Morgan fingerprint density at radius 2 is 1.75 bits per heavy atom. The molecule has 28 heavy (non-hydrogen) atoms. The van der Waals surface area contributed by atoms with Crippen molar-refractivity contribution in [3.63, 3.8) is 0 Å². The number of rotatable bonds is 8. The van der Waals surface area contributed by atoms with E-state index in [0.717, 1.165) is 23.4 Å². The zero-order valence-corrected chi connectivity index (χ0v) is 15.9. The van der Waals surface area contributed by atoms with E-state index in [1.807, 2.05) is 79.8 Å². The summed E-state index contributed by atoms with van der Waals surface area (Å²) in [6.07, 6.45) is 2.34. The minimum absolute atomic E-state index is 0.190. The number of nitrogens with zero attached hydrogens (tertiary/aromatic N) is 1. The first-order chi connectivity index (χ1) is 13.8. The molecule has 0 aliphatic carbocycles. The lowest BCUT2D eigenvalue weighted by Gasteiger charge is -2.09. The summed E-state index contributed by atoms with van der Waals surface area (Å²) in [5.41, 5.74) is 2.25. The van der Waals surface area contributed by atoms with Crippen LogP contribution in [0.3, 0.4) is 0 Å². The molecule has 0 saturated carbocycles. The molecule has 0 aliphatic heterocycles. The van der Waals surface area contributed by atoms with Crippen LogP contribution in [0.5, 0.6) is 0 Å². The summed E-state index contributed by atoms with van der Waals surface area (Å²) < 4.78 is 10.6. The summed E-state index contributed by atoms with van der Waals surface area (Å²) in [6, 6.07) is 22.8. The largest absolute Gasteiger partial charge is 0.483 e. The maximum atomic E-state index is 11.2. The predicted octanol–water partition coefficient (Wildman–Crippen LogP) is 4.47. The van der Waals surface area contributed by atoms with Crippen molar-refractivity contribution >= 4 is 18.7 Å². The van der Waals surface area contributed by atoms with Crippen molar-refractivity contribution in [2.24, 2.45) is 4.99 Å². The molecule has 0 bridgehead atoms. The van der Waals surface area contributed by atoms with Gasteiger partial charge in [-0.1, -0.05) is 60.7 Å². The first kappa shape index (κ1) is 20.9. The van der Waals surface area contributed by atoms with Gasteiger partial charge in [0.25, 0.3) is 0 Å². The molecule has 5 nitrogen and oxygen atoms in total. The summed E-state index contributed by atoms with van der Waals surface area (Å²) in [5.74, 6) is 1.17. The second-order valence-corrected chi connectivity index (χ2v) is 5.74. The standard InChI is InChI=1S/C17H15NO2.C6H9NO/c1-18-17(15-10-6-3-7-11-15)16(12-19)20-13-14-8-4-2-5-9-14;1-7-5-6-3-2-4-8-6/h2-12H,1,13H2;2-4,7H,5H2,1H3/b17-16-;. The number of allylic oxidation sites excluding steroid dienone is 1. The molecule has 5 heteroatoms. The Morgan fingerprint density at radius 3 is 2.29 bits per heavy atom. The molecule has 0 fully saturated rings. The van der Waals surface area contributed by atoms with Crippen molar-refractivity contribution in [1.29, 1.82) is 0 Å². The fourth-order valence-electron chi connectivity index (χ4n) is 2.39. The lowest BCUT2D eigenvalue weighted by atomic mass is 10.1. The third kappa shape index (κ3) is 6.70. The second kappa shape index (κ2) is 12.0. The van der Waals surface area contributed by atoms with Crippen LogP contribution in [-0.2, 0) is 22.7 Å². The van der Waals surface area contributed by atoms with Crippen molar-refractivity contribution < 1.29 is 13.9 Å². The van der Waals surface area contributed by atoms with E-state index in [0.29, 0.717) is 18.6 Å². The quantitative estimate of drug-likeness (QED) is 0.273. The number of nitrogens with one attached hydrogen (secondary N) is 1. The Labute approximate surface area is 165 Å². The third-order valence-corrected chi connectivity index (χ3v) is 3.71. The average Bonchev–Trinajstić information content (AvgIpc) is 3.26. The van der Waals surface area contributed by atoms with Crippen LogP contribution in [0.1, 0.15) is 16.9 Å². The zero-order valence-electron chi connectivity index (χ0n) is 15.9. The Bertz CT molecular complexity index is 857. The topological polar surface area (TPSA) is 63.8 Å².